The number of carbonyl (C=O) groups excluding carboxylic acids is 1. The largest absolute Gasteiger partial charge is 0.368 e. The van der Waals surface area contributed by atoms with E-state index in [1.807, 2.05) is 23.1 Å². The molecule has 1 fully saturated rings. The maximum absolute atomic E-state index is 13.6. The summed E-state index contributed by atoms with van der Waals surface area (Å²) in [5, 5.41) is -0.322. The fraction of sp³-hybridized carbons (Fsp3) is 0.333. The standard InChI is InChI=1S/C21H22F2N4OS/c1-15(29-21-24-17-9-5-6-10-18(17)27(21)20(22)23)19(28)26-13-11-25(12-14-26)16-7-3-2-4-8-16/h2-10,15,20H,11-14H2,1H3. The van der Waals surface area contributed by atoms with Crippen molar-refractivity contribution in [1.82, 2.24) is 14.5 Å². The second-order valence-electron chi connectivity index (χ2n) is 6.94. The lowest BCUT2D eigenvalue weighted by molar-refractivity contribution is -0.130. The summed E-state index contributed by atoms with van der Waals surface area (Å²) in [4.78, 5) is 21.3. The molecule has 0 N–H and O–H groups in total. The number of aromatic nitrogens is 2. The fourth-order valence-corrected chi connectivity index (χ4v) is 4.59. The Balaban J connectivity index is 1.43. The summed E-state index contributed by atoms with van der Waals surface area (Å²) in [5.74, 6) is -0.0458. The number of carbonyl (C=O) groups is 1. The third-order valence-corrected chi connectivity index (χ3v) is 6.16. The van der Waals surface area contributed by atoms with Crippen LogP contribution in [0.5, 0.6) is 0 Å². The predicted molar refractivity (Wildman–Crippen MR) is 112 cm³/mol. The Hall–Kier alpha value is -2.61. The van der Waals surface area contributed by atoms with Crippen LogP contribution in [0.25, 0.3) is 11.0 Å². The summed E-state index contributed by atoms with van der Waals surface area (Å²) in [6, 6.07) is 16.9. The average molecular weight is 416 g/mol. The van der Waals surface area contributed by atoms with E-state index in [1.165, 1.54) is 0 Å². The number of benzene rings is 2. The first-order valence-corrected chi connectivity index (χ1v) is 10.4. The molecule has 2 aromatic carbocycles. The molecule has 1 unspecified atom stereocenters. The molecule has 4 rings (SSSR count). The third-order valence-electron chi connectivity index (χ3n) is 5.10. The summed E-state index contributed by atoms with van der Waals surface area (Å²) in [6.07, 6.45) is 0. The summed E-state index contributed by atoms with van der Waals surface area (Å²) in [5.41, 5.74) is 2.03. The Kier molecular flexibility index (Phi) is 5.71. The van der Waals surface area contributed by atoms with Gasteiger partial charge in [-0.1, -0.05) is 42.1 Å². The van der Waals surface area contributed by atoms with E-state index in [0.717, 1.165) is 35.1 Å². The van der Waals surface area contributed by atoms with E-state index < -0.39 is 11.8 Å². The lowest BCUT2D eigenvalue weighted by atomic mass is 10.2. The summed E-state index contributed by atoms with van der Waals surface area (Å²) in [7, 11) is 0. The van der Waals surface area contributed by atoms with Gasteiger partial charge in [0.25, 0.3) is 0 Å². The van der Waals surface area contributed by atoms with Gasteiger partial charge in [-0.05, 0) is 31.2 Å². The van der Waals surface area contributed by atoms with Crippen molar-refractivity contribution in [2.75, 3.05) is 31.1 Å². The van der Waals surface area contributed by atoms with Crippen LogP contribution in [0.4, 0.5) is 14.5 Å². The molecule has 0 bridgehead atoms. The van der Waals surface area contributed by atoms with Gasteiger partial charge in [0.2, 0.25) is 5.91 Å². The molecule has 0 spiro atoms. The van der Waals surface area contributed by atoms with Crippen LogP contribution in [0, 0.1) is 0 Å². The van der Waals surface area contributed by atoms with Crippen LogP contribution in [-0.4, -0.2) is 51.8 Å². The van der Waals surface area contributed by atoms with Crippen LogP contribution in [0.15, 0.2) is 59.8 Å². The maximum Gasteiger partial charge on any atom is 0.321 e. The van der Waals surface area contributed by atoms with Crippen molar-refractivity contribution in [2.45, 2.75) is 23.9 Å². The number of hydrogen-bond donors (Lipinski definition) is 0. The van der Waals surface area contributed by atoms with E-state index in [0.29, 0.717) is 24.1 Å². The molecule has 0 radical (unpaired) electrons. The average Bonchev–Trinajstić information content (AvgIpc) is 3.12. The number of nitrogens with zero attached hydrogens (tertiary/aromatic N) is 4. The highest BCUT2D eigenvalue weighted by atomic mass is 32.2. The van der Waals surface area contributed by atoms with Gasteiger partial charge >= 0.3 is 6.55 Å². The second kappa shape index (κ2) is 8.41. The normalized spacial score (nSPS) is 15.9. The Morgan fingerprint density at radius 3 is 2.34 bits per heavy atom. The molecule has 8 heteroatoms. The van der Waals surface area contributed by atoms with Crippen LogP contribution in [0.3, 0.4) is 0 Å². The Morgan fingerprint density at radius 2 is 1.66 bits per heavy atom. The summed E-state index contributed by atoms with van der Waals surface area (Å²) in [6.45, 7) is 1.78. The molecule has 2 heterocycles. The molecule has 1 atom stereocenters. The van der Waals surface area contributed by atoms with E-state index in [-0.39, 0.29) is 11.1 Å². The number of para-hydroxylation sites is 3. The molecule has 1 aromatic heterocycles. The minimum atomic E-state index is -2.71. The van der Waals surface area contributed by atoms with Gasteiger partial charge in [-0.2, -0.15) is 8.78 Å². The van der Waals surface area contributed by atoms with Crippen LogP contribution in [0.2, 0.25) is 0 Å². The molecule has 29 heavy (non-hydrogen) atoms. The van der Waals surface area contributed by atoms with Crippen molar-refractivity contribution in [2.24, 2.45) is 0 Å². The van der Waals surface area contributed by atoms with Crippen LogP contribution in [-0.2, 0) is 4.79 Å². The number of anilines is 1. The highest BCUT2D eigenvalue weighted by Gasteiger charge is 2.28. The number of hydrogen-bond acceptors (Lipinski definition) is 4. The number of halogens is 2. The number of imidazole rings is 1. The number of alkyl halides is 2. The molecule has 0 saturated carbocycles. The summed E-state index contributed by atoms with van der Waals surface area (Å²) < 4.78 is 28.1. The first kappa shape index (κ1) is 19.7. The molecule has 1 aliphatic rings. The Bertz CT molecular complexity index is 987. The van der Waals surface area contributed by atoms with Crippen molar-refractivity contribution < 1.29 is 13.6 Å². The molecule has 0 aliphatic carbocycles. The first-order chi connectivity index (χ1) is 14.0. The van der Waals surface area contributed by atoms with Gasteiger partial charge in [0, 0.05) is 31.9 Å². The van der Waals surface area contributed by atoms with Crippen molar-refractivity contribution in [3.8, 4) is 0 Å². The highest BCUT2D eigenvalue weighted by molar-refractivity contribution is 8.00. The molecule has 5 nitrogen and oxygen atoms in total. The van der Waals surface area contributed by atoms with Gasteiger partial charge < -0.3 is 9.80 Å². The molecular formula is C21H22F2N4OS. The molecular weight excluding hydrogens is 394 g/mol. The molecule has 1 amide bonds. The highest BCUT2D eigenvalue weighted by Crippen LogP contribution is 2.32. The van der Waals surface area contributed by atoms with Gasteiger partial charge in [0.1, 0.15) is 0 Å². The van der Waals surface area contributed by atoms with E-state index in [4.69, 9.17) is 0 Å². The minimum absolute atomic E-state index is 0.0458. The Morgan fingerprint density at radius 1 is 1.00 bits per heavy atom. The van der Waals surface area contributed by atoms with Gasteiger partial charge in [-0.3, -0.25) is 9.36 Å². The van der Waals surface area contributed by atoms with Gasteiger partial charge in [-0.15, -0.1) is 0 Å². The molecule has 3 aromatic rings. The molecule has 1 aliphatic heterocycles. The maximum atomic E-state index is 13.6. The van der Waals surface area contributed by atoms with Gasteiger partial charge in [0.05, 0.1) is 16.3 Å². The summed E-state index contributed by atoms with van der Waals surface area (Å²) >= 11 is 1.09. The van der Waals surface area contributed by atoms with Crippen LogP contribution in [0.1, 0.15) is 13.5 Å². The van der Waals surface area contributed by atoms with Crippen LogP contribution < -0.4 is 4.90 Å². The monoisotopic (exact) mass is 416 g/mol. The number of rotatable bonds is 5. The Labute approximate surface area is 172 Å². The predicted octanol–water partition coefficient (Wildman–Crippen LogP) is 4.26. The topological polar surface area (TPSA) is 41.4 Å². The van der Waals surface area contributed by atoms with Crippen molar-refractivity contribution in [3.63, 3.8) is 0 Å². The van der Waals surface area contributed by atoms with Crippen molar-refractivity contribution in [3.05, 3.63) is 54.6 Å². The zero-order chi connectivity index (χ0) is 20.4. The molecule has 152 valence electrons. The lowest BCUT2D eigenvalue weighted by Crippen LogP contribution is -2.50. The molecule has 1 saturated heterocycles. The fourth-order valence-electron chi connectivity index (χ4n) is 3.58. The van der Waals surface area contributed by atoms with E-state index in [2.05, 4.69) is 22.0 Å². The van der Waals surface area contributed by atoms with Gasteiger partial charge in [-0.25, -0.2) is 4.98 Å². The van der Waals surface area contributed by atoms with Crippen molar-refractivity contribution in [1.29, 1.82) is 0 Å². The SMILES string of the molecule is CC(Sc1nc2ccccc2n1C(F)F)C(=O)N1CCN(c2ccccc2)CC1. The van der Waals surface area contributed by atoms with E-state index >= 15 is 0 Å². The third kappa shape index (κ3) is 4.07. The zero-order valence-corrected chi connectivity index (χ0v) is 16.9. The minimum Gasteiger partial charge on any atom is -0.368 e. The van der Waals surface area contributed by atoms with Crippen molar-refractivity contribution >= 4 is 34.4 Å². The smallest absolute Gasteiger partial charge is 0.321 e. The number of piperazine rings is 1. The second-order valence-corrected chi connectivity index (χ2v) is 8.25. The number of fused-ring (bicyclic) bond motifs is 1. The van der Waals surface area contributed by atoms with Crippen LogP contribution >= 0.6 is 11.8 Å². The number of amides is 1. The first-order valence-electron chi connectivity index (χ1n) is 9.55. The van der Waals surface area contributed by atoms with E-state index in [9.17, 15) is 13.6 Å². The van der Waals surface area contributed by atoms with Gasteiger partial charge in [0.15, 0.2) is 5.16 Å². The lowest BCUT2D eigenvalue weighted by Gasteiger charge is -2.37. The quantitative estimate of drug-likeness (QED) is 0.583. The van der Waals surface area contributed by atoms with E-state index in [1.54, 1.807) is 31.2 Å². The zero-order valence-electron chi connectivity index (χ0n) is 16.0. The number of thioether (sulfide) groups is 1.